The molecule has 0 fully saturated rings. The molecule has 5 heterocycles. The van der Waals surface area contributed by atoms with Crippen LogP contribution in [0, 0.1) is 0 Å². The van der Waals surface area contributed by atoms with Crippen molar-refractivity contribution >= 4 is 70.6 Å². The highest BCUT2D eigenvalue weighted by molar-refractivity contribution is 7.80. The molecule has 0 aliphatic carbocycles. The third-order valence-corrected chi connectivity index (χ3v) is 18.0. The molecule has 3 aromatic heterocycles. The Labute approximate surface area is 528 Å². The van der Waals surface area contributed by atoms with Crippen molar-refractivity contribution in [2.75, 3.05) is 11.1 Å². The van der Waals surface area contributed by atoms with Gasteiger partial charge in [0.05, 0.1) is 22.8 Å². The molecule has 458 valence electrons. The first-order valence-corrected chi connectivity index (χ1v) is 33.1. The van der Waals surface area contributed by atoms with Gasteiger partial charge in [-0.25, -0.2) is 9.97 Å². The van der Waals surface area contributed by atoms with Crippen LogP contribution in [0.25, 0.3) is 90.9 Å². The van der Waals surface area contributed by atoms with E-state index in [9.17, 15) is 4.79 Å². The predicted molar refractivity (Wildman–Crippen MR) is 381 cm³/mol. The molecule has 0 atom stereocenters. The van der Waals surface area contributed by atoms with Crippen molar-refractivity contribution in [3.63, 3.8) is 0 Å². The molecular formula is C80H101N5OS. The number of nitrogens with zero attached hydrogens (tertiary/aromatic N) is 2. The van der Waals surface area contributed by atoms with E-state index in [0.717, 1.165) is 114 Å². The molecule has 3 N–H and O–H groups in total. The number of carbonyl (C=O) groups excluding carboxylic acids is 1. The molecule has 6 nitrogen and oxygen atoms in total. The maximum atomic E-state index is 13.4. The fourth-order valence-electron chi connectivity index (χ4n) is 11.9. The van der Waals surface area contributed by atoms with Crippen LogP contribution in [0.5, 0.6) is 0 Å². The van der Waals surface area contributed by atoms with E-state index in [4.69, 9.17) is 9.97 Å². The van der Waals surface area contributed by atoms with Crippen LogP contribution < -0.4 is 5.32 Å². The van der Waals surface area contributed by atoms with Crippen LogP contribution in [0.2, 0.25) is 0 Å². The molecule has 7 aromatic rings. The number of H-pyrrole nitrogens is 2. The van der Waals surface area contributed by atoms with E-state index >= 15 is 0 Å². The van der Waals surface area contributed by atoms with Gasteiger partial charge < -0.3 is 15.3 Å². The molecule has 8 bridgehead atoms. The molecular weight excluding hydrogens is 1080 g/mol. The molecule has 0 saturated heterocycles. The number of nitrogens with one attached hydrogen (secondary N) is 3. The van der Waals surface area contributed by atoms with Crippen LogP contribution in [-0.4, -0.2) is 31.6 Å². The summed E-state index contributed by atoms with van der Waals surface area (Å²) >= 11 is 4.35. The summed E-state index contributed by atoms with van der Waals surface area (Å²) in [5.41, 5.74) is 23.4. The van der Waals surface area contributed by atoms with Gasteiger partial charge in [0.2, 0.25) is 5.91 Å². The van der Waals surface area contributed by atoms with Crippen molar-refractivity contribution in [1.82, 2.24) is 19.9 Å². The van der Waals surface area contributed by atoms with Crippen molar-refractivity contribution in [2.24, 2.45) is 0 Å². The Kier molecular flexibility index (Phi) is 18.9. The minimum Gasteiger partial charge on any atom is -0.354 e. The summed E-state index contributed by atoms with van der Waals surface area (Å²) in [4.78, 5) is 33.2. The van der Waals surface area contributed by atoms with Crippen molar-refractivity contribution in [2.45, 2.75) is 221 Å². The monoisotopic (exact) mass is 1180 g/mol. The van der Waals surface area contributed by atoms with E-state index in [1.807, 2.05) is 12.1 Å². The quantitative estimate of drug-likeness (QED) is 0.0574. The lowest BCUT2D eigenvalue weighted by Crippen LogP contribution is -2.16. The first kappa shape index (κ1) is 64.8. The molecule has 4 aromatic carbocycles. The van der Waals surface area contributed by atoms with Gasteiger partial charge in [0.1, 0.15) is 0 Å². The normalized spacial score (nSPS) is 13.2. The van der Waals surface area contributed by atoms with E-state index in [1.54, 1.807) is 0 Å². The number of hydrogen-bond acceptors (Lipinski definition) is 4. The lowest BCUT2D eigenvalue weighted by Gasteiger charge is -2.26. The van der Waals surface area contributed by atoms with Gasteiger partial charge in [0.15, 0.2) is 0 Å². The maximum Gasteiger partial charge on any atom is 0.224 e. The first-order chi connectivity index (χ1) is 40.8. The Morgan fingerprint density at radius 1 is 0.356 bits per heavy atom. The molecule has 2 aliphatic rings. The molecule has 0 unspecified atom stereocenters. The van der Waals surface area contributed by atoms with Crippen molar-refractivity contribution < 1.29 is 4.79 Å². The number of fused-ring (bicyclic) bond motifs is 8. The van der Waals surface area contributed by atoms with Gasteiger partial charge in [-0.05, 0) is 167 Å². The van der Waals surface area contributed by atoms with Gasteiger partial charge in [-0.1, -0.05) is 236 Å². The Balaban J connectivity index is 1.33. The highest BCUT2D eigenvalue weighted by atomic mass is 32.1. The van der Waals surface area contributed by atoms with Crippen LogP contribution in [0.1, 0.15) is 245 Å². The number of unbranched alkanes of at least 4 members (excludes halogenated alkanes) is 8. The average Bonchev–Trinajstić information content (AvgIpc) is 2.51. The molecule has 1 amide bonds. The molecule has 7 heteroatoms. The number of aromatic nitrogens is 4. The molecule has 9 rings (SSSR count). The number of benzene rings is 4. The first-order valence-electron chi connectivity index (χ1n) is 32.4. The maximum absolute atomic E-state index is 13.4. The second-order valence-electron chi connectivity index (χ2n) is 31.2. The number of rotatable bonds is 16. The highest BCUT2D eigenvalue weighted by Crippen LogP contribution is 2.44. The lowest BCUT2D eigenvalue weighted by atomic mass is 9.78. The average molecular weight is 1180 g/mol. The van der Waals surface area contributed by atoms with Gasteiger partial charge in [0, 0.05) is 56.4 Å². The minimum absolute atomic E-state index is 0.0548. The minimum atomic E-state index is -0.118. The van der Waals surface area contributed by atoms with Crippen LogP contribution in [0.3, 0.4) is 0 Å². The Bertz CT molecular complexity index is 3720. The summed E-state index contributed by atoms with van der Waals surface area (Å²) in [6.07, 6.45) is 20.1. The zero-order chi connectivity index (χ0) is 63.0. The van der Waals surface area contributed by atoms with Crippen molar-refractivity contribution in [3.8, 4) is 44.5 Å². The van der Waals surface area contributed by atoms with E-state index in [0.29, 0.717) is 6.42 Å². The number of carbonyl (C=O) groups is 1. The number of aromatic amines is 2. The summed E-state index contributed by atoms with van der Waals surface area (Å²) in [6, 6.07) is 38.8. The van der Waals surface area contributed by atoms with Gasteiger partial charge in [-0.2, -0.15) is 12.6 Å². The Hall–Kier alpha value is -6.70. The van der Waals surface area contributed by atoms with Crippen LogP contribution in [0.15, 0.2) is 103 Å². The van der Waals surface area contributed by atoms with Crippen LogP contribution in [-0.2, 0) is 37.3 Å². The van der Waals surface area contributed by atoms with Crippen molar-refractivity contribution in [1.29, 1.82) is 0 Å². The van der Waals surface area contributed by atoms with Gasteiger partial charge in [-0.15, -0.1) is 0 Å². The van der Waals surface area contributed by atoms with Gasteiger partial charge in [0.25, 0.3) is 0 Å². The Morgan fingerprint density at radius 3 is 0.897 bits per heavy atom. The molecule has 0 saturated carbocycles. The van der Waals surface area contributed by atoms with E-state index < -0.39 is 0 Å². The largest absolute Gasteiger partial charge is 0.354 e. The summed E-state index contributed by atoms with van der Waals surface area (Å²) < 4.78 is 0. The van der Waals surface area contributed by atoms with Gasteiger partial charge >= 0.3 is 0 Å². The predicted octanol–water partition coefficient (Wildman–Crippen LogP) is 22.9. The molecule has 2 aliphatic heterocycles. The summed E-state index contributed by atoms with van der Waals surface area (Å²) in [5, 5.41) is 3.23. The summed E-state index contributed by atoms with van der Waals surface area (Å²) in [6.45, 7) is 41.6. The molecule has 0 radical (unpaired) electrons. The molecule has 87 heavy (non-hydrogen) atoms. The number of thiol groups is 1. The second-order valence-corrected chi connectivity index (χ2v) is 31.6. The number of hydrogen-bond donors (Lipinski definition) is 4. The van der Waals surface area contributed by atoms with Crippen LogP contribution >= 0.6 is 12.6 Å². The van der Waals surface area contributed by atoms with E-state index in [1.165, 1.54) is 78.3 Å². The SMILES string of the molecule is CC(C)(C)c1cc(-c2c3nc(c(-c4cc(C(C)(C)C)cc(C(C)(C)C)c4)c4ccc([nH]4)c(-c4cc(C(C)(C)C)cc(C(C)(C)C)c4)c4nc(c(-c5ccc(NC(=O)CCCCCCCCCCCS)cc5)c5ccc2[nH]5)C=C4)C=C3)cc(C(C)(C)C)c1. The fraction of sp³-hybridized carbons (Fsp3) is 0.438. The highest BCUT2D eigenvalue weighted by Gasteiger charge is 2.28. The zero-order valence-electron chi connectivity index (χ0n) is 56.2. The lowest BCUT2D eigenvalue weighted by molar-refractivity contribution is -0.116. The Morgan fingerprint density at radius 2 is 0.621 bits per heavy atom. The summed E-state index contributed by atoms with van der Waals surface area (Å²) in [5.74, 6) is 1.03. The molecule has 0 spiro atoms. The van der Waals surface area contributed by atoms with Crippen molar-refractivity contribution in [3.05, 3.63) is 159 Å². The van der Waals surface area contributed by atoms with Gasteiger partial charge in [-0.3, -0.25) is 4.79 Å². The topological polar surface area (TPSA) is 86.5 Å². The van der Waals surface area contributed by atoms with E-state index in [2.05, 4.69) is 268 Å². The summed E-state index contributed by atoms with van der Waals surface area (Å²) in [7, 11) is 0. The number of anilines is 1. The smallest absolute Gasteiger partial charge is 0.224 e. The third-order valence-electron chi connectivity index (χ3n) is 17.6. The third kappa shape index (κ3) is 15.4. The fourth-order valence-corrected chi connectivity index (χ4v) is 12.1. The standard InChI is InChI=1S/C80H101N5OS/c1-75(2,3)55-42-52(43-56(48-55)76(4,5)6)72-64-35-33-62(82-64)71(51-29-31-61(32-30-51)81-70(86)28-26-24-22-20-19-21-23-25-27-41-87)63-34-36-65(83-63)73(53-44-57(77(7,8)9)49-58(45-53)78(10,11)12)67-38-40-69(85-67)74(68-39-37-66(72)84-68)54-46-59(79(13,14)15)50-60(47-54)80(16,17)18/h29-40,42-50,82,85,87H,19-28,41H2,1-18H3,(H,81,86). The number of amides is 1. The van der Waals surface area contributed by atoms with Crippen LogP contribution in [0.4, 0.5) is 5.69 Å². The van der Waals surface area contributed by atoms with E-state index in [-0.39, 0.29) is 38.4 Å². The second kappa shape index (κ2) is 25.4. The zero-order valence-corrected chi connectivity index (χ0v) is 57.0.